The fraction of sp³-hybridized carbons (Fsp3) is 0.562. The quantitative estimate of drug-likeness (QED) is 0.863. The highest BCUT2D eigenvalue weighted by atomic mass is 16.1. The average molecular weight is 243 g/mol. The zero-order chi connectivity index (χ0) is 12.5. The van der Waals surface area contributed by atoms with Crippen molar-refractivity contribution in [2.24, 2.45) is 17.8 Å². The molecule has 1 aromatic carbocycles. The van der Waals surface area contributed by atoms with Gasteiger partial charge in [0, 0.05) is 11.6 Å². The summed E-state index contributed by atoms with van der Waals surface area (Å²) in [5.74, 6) is 2.01. The minimum atomic E-state index is 0.253. The van der Waals surface area contributed by atoms with Gasteiger partial charge in [-0.05, 0) is 49.1 Å². The molecule has 0 radical (unpaired) electrons. The van der Waals surface area contributed by atoms with Gasteiger partial charge in [0.05, 0.1) is 0 Å². The predicted octanol–water partition coefficient (Wildman–Crippen LogP) is 3.62. The zero-order valence-electron chi connectivity index (χ0n) is 11.0. The van der Waals surface area contributed by atoms with Crippen LogP contribution in [-0.4, -0.2) is 5.91 Å². The highest BCUT2D eigenvalue weighted by molar-refractivity contribution is 5.93. The van der Waals surface area contributed by atoms with E-state index in [-0.39, 0.29) is 11.8 Å². The number of para-hydroxylation sites is 1. The number of benzene rings is 1. The Morgan fingerprint density at radius 2 is 2.11 bits per heavy atom. The number of hydrogen-bond acceptors (Lipinski definition) is 1. The van der Waals surface area contributed by atoms with E-state index in [1.165, 1.54) is 24.8 Å². The molecule has 96 valence electrons. The Bertz CT molecular complexity index is 454. The van der Waals surface area contributed by atoms with E-state index < -0.39 is 0 Å². The molecule has 18 heavy (non-hydrogen) atoms. The summed E-state index contributed by atoms with van der Waals surface area (Å²) in [6, 6.07) is 8.14. The summed E-state index contributed by atoms with van der Waals surface area (Å²) < 4.78 is 0. The summed E-state index contributed by atoms with van der Waals surface area (Å²) in [6.07, 6.45) is 5.98. The van der Waals surface area contributed by atoms with Crippen LogP contribution in [0.4, 0.5) is 5.69 Å². The third kappa shape index (κ3) is 2.05. The molecule has 3 atom stereocenters. The summed E-state index contributed by atoms with van der Waals surface area (Å²) in [5, 5.41) is 3.15. The van der Waals surface area contributed by atoms with Gasteiger partial charge in [-0.25, -0.2) is 0 Å². The Hall–Kier alpha value is -1.31. The minimum absolute atomic E-state index is 0.253. The molecule has 2 saturated carbocycles. The molecule has 0 heterocycles. The molecule has 0 unspecified atom stereocenters. The van der Waals surface area contributed by atoms with Crippen molar-refractivity contribution in [3.8, 4) is 0 Å². The first-order valence-corrected chi connectivity index (χ1v) is 7.16. The van der Waals surface area contributed by atoms with Crippen molar-refractivity contribution in [3.63, 3.8) is 0 Å². The molecule has 1 amide bonds. The van der Waals surface area contributed by atoms with Crippen LogP contribution in [-0.2, 0) is 11.2 Å². The molecule has 2 bridgehead atoms. The molecule has 2 heteroatoms. The Labute approximate surface area is 109 Å². The van der Waals surface area contributed by atoms with Crippen LogP contribution in [0.15, 0.2) is 24.3 Å². The van der Waals surface area contributed by atoms with E-state index in [1.54, 1.807) is 0 Å². The van der Waals surface area contributed by atoms with Crippen LogP contribution < -0.4 is 5.32 Å². The van der Waals surface area contributed by atoms with Gasteiger partial charge in [-0.1, -0.05) is 31.5 Å². The lowest BCUT2D eigenvalue weighted by atomic mass is 9.88. The summed E-state index contributed by atoms with van der Waals surface area (Å²) in [6.45, 7) is 2.13. The van der Waals surface area contributed by atoms with E-state index in [2.05, 4.69) is 18.3 Å². The lowest BCUT2D eigenvalue weighted by molar-refractivity contribution is -0.121. The maximum absolute atomic E-state index is 12.4. The third-order valence-corrected chi connectivity index (χ3v) is 4.73. The van der Waals surface area contributed by atoms with Gasteiger partial charge in [0.2, 0.25) is 5.91 Å². The zero-order valence-corrected chi connectivity index (χ0v) is 11.0. The molecular weight excluding hydrogens is 222 g/mol. The SMILES string of the molecule is CCc1ccccc1NC(=O)[C@@H]1C[C@H]2CC[C@@H]1C2. The number of amides is 1. The summed E-state index contributed by atoms with van der Waals surface area (Å²) in [7, 11) is 0. The molecule has 2 nitrogen and oxygen atoms in total. The van der Waals surface area contributed by atoms with Gasteiger partial charge in [-0.15, -0.1) is 0 Å². The number of nitrogens with one attached hydrogen (secondary N) is 1. The monoisotopic (exact) mass is 243 g/mol. The Morgan fingerprint density at radius 3 is 2.78 bits per heavy atom. The van der Waals surface area contributed by atoms with Crippen molar-refractivity contribution in [2.45, 2.75) is 39.0 Å². The maximum atomic E-state index is 12.4. The molecule has 0 aliphatic heterocycles. The van der Waals surface area contributed by atoms with Gasteiger partial charge in [0.25, 0.3) is 0 Å². The highest BCUT2D eigenvalue weighted by Gasteiger charge is 2.43. The van der Waals surface area contributed by atoms with Crippen molar-refractivity contribution >= 4 is 11.6 Å². The Morgan fingerprint density at radius 1 is 1.28 bits per heavy atom. The number of aryl methyl sites for hydroxylation is 1. The molecular formula is C16H21NO. The number of rotatable bonds is 3. The lowest BCUT2D eigenvalue weighted by Gasteiger charge is -2.21. The van der Waals surface area contributed by atoms with E-state index in [4.69, 9.17) is 0 Å². The number of carbonyl (C=O) groups excluding carboxylic acids is 1. The number of anilines is 1. The van der Waals surface area contributed by atoms with Crippen molar-refractivity contribution in [1.82, 2.24) is 0 Å². The fourth-order valence-corrected chi connectivity index (χ4v) is 3.74. The molecule has 1 aromatic rings. The summed E-state index contributed by atoms with van der Waals surface area (Å²) in [4.78, 5) is 12.4. The predicted molar refractivity (Wildman–Crippen MR) is 73.4 cm³/mol. The molecule has 1 N–H and O–H groups in total. The second-order valence-electron chi connectivity index (χ2n) is 5.78. The van der Waals surface area contributed by atoms with Gasteiger partial charge >= 0.3 is 0 Å². The minimum Gasteiger partial charge on any atom is -0.326 e. The van der Waals surface area contributed by atoms with E-state index in [0.29, 0.717) is 5.92 Å². The first-order chi connectivity index (χ1) is 8.78. The number of fused-ring (bicyclic) bond motifs is 2. The van der Waals surface area contributed by atoms with E-state index in [9.17, 15) is 4.79 Å². The highest BCUT2D eigenvalue weighted by Crippen LogP contribution is 2.48. The van der Waals surface area contributed by atoms with E-state index in [0.717, 1.165) is 24.4 Å². The molecule has 3 rings (SSSR count). The van der Waals surface area contributed by atoms with Crippen LogP contribution >= 0.6 is 0 Å². The summed E-state index contributed by atoms with van der Waals surface area (Å²) >= 11 is 0. The van der Waals surface area contributed by atoms with Crippen molar-refractivity contribution < 1.29 is 4.79 Å². The van der Waals surface area contributed by atoms with Crippen LogP contribution in [0.3, 0.4) is 0 Å². The van der Waals surface area contributed by atoms with Gasteiger partial charge in [-0.2, -0.15) is 0 Å². The second kappa shape index (κ2) is 4.75. The summed E-state index contributed by atoms with van der Waals surface area (Å²) in [5.41, 5.74) is 2.24. The largest absolute Gasteiger partial charge is 0.326 e. The average Bonchev–Trinajstić information content (AvgIpc) is 3.01. The topological polar surface area (TPSA) is 29.1 Å². The van der Waals surface area contributed by atoms with Gasteiger partial charge in [-0.3, -0.25) is 4.79 Å². The van der Waals surface area contributed by atoms with Gasteiger partial charge in [0.15, 0.2) is 0 Å². The normalized spacial score (nSPS) is 29.5. The van der Waals surface area contributed by atoms with Crippen LogP contribution in [0.2, 0.25) is 0 Å². The third-order valence-electron chi connectivity index (χ3n) is 4.73. The smallest absolute Gasteiger partial charge is 0.227 e. The maximum Gasteiger partial charge on any atom is 0.227 e. The Kier molecular flexibility index (Phi) is 3.11. The lowest BCUT2D eigenvalue weighted by Crippen LogP contribution is -2.27. The fourth-order valence-electron chi connectivity index (χ4n) is 3.74. The van der Waals surface area contributed by atoms with Crippen LogP contribution in [0, 0.1) is 17.8 Å². The van der Waals surface area contributed by atoms with Crippen molar-refractivity contribution in [3.05, 3.63) is 29.8 Å². The molecule has 2 aliphatic rings. The van der Waals surface area contributed by atoms with Crippen LogP contribution in [0.1, 0.15) is 38.2 Å². The number of hydrogen-bond donors (Lipinski definition) is 1. The molecule has 0 saturated heterocycles. The molecule has 0 aromatic heterocycles. The van der Waals surface area contributed by atoms with Crippen molar-refractivity contribution in [2.75, 3.05) is 5.32 Å². The van der Waals surface area contributed by atoms with Gasteiger partial charge in [0.1, 0.15) is 0 Å². The second-order valence-corrected chi connectivity index (χ2v) is 5.78. The van der Waals surface area contributed by atoms with Gasteiger partial charge < -0.3 is 5.32 Å². The van der Waals surface area contributed by atoms with Crippen LogP contribution in [0.5, 0.6) is 0 Å². The van der Waals surface area contributed by atoms with E-state index in [1.807, 2.05) is 18.2 Å². The number of carbonyl (C=O) groups is 1. The van der Waals surface area contributed by atoms with Crippen LogP contribution in [0.25, 0.3) is 0 Å². The first kappa shape index (κ1) is 11.8. The first-order valence-electron chi connectivity index (χ1n) is 7.16. The molecule has 2 aliphatic carbocycles. The standard InChI is InChI=1S/C16H21NO/c1-2-12-5-3-4-6-15(12)17-16(18)14-10-11-7-8-13(14)9-11/h3-6,11,13-14H,2,7-10H2,1H3,(H,17,18)/t11-,13+,14+/m0/s1. The van der Waals surface area contributed by atoms with E-state index >= 15 is 0 Å². The van der Waals surface area contributed by atoms with Crippen molar-refractivity contribution in [1.29, 1.82) is 0 Å². The molecule has 2 fully saturated rings. The molecule has 0 spiro atoms. The Balaban J connectivity index is 1.71.